The molecule has 1 unspecified atom stereocenters. The van der Waals surface area contributed by atoms with E-state index in [0.29, 0.717) is 5.02 Å². The smallest absolute Gasteiger partial charge is 0.459 e. The van der Waals surface area contributed by atoms with Gasteiger partial charge in [0.1, 0.15) is 23.4 Å². The van der Waals surface area contributed by atoms with E-state index < -0.39 is 61.6 Å². The molecule has 1 aliphatic rings. The molecule has 0 spiro atoms. The van der Waals surface area contributed by atoms with E-state index >= 15 is 0 Å². The lowest BCUT2D eigenvalue weighted by atomic mass is 9.93. The maximum atomic E-state index is 13.7. The van der Waals surface area contributed by atoms with Crippen molar-refractivity contribution in [1.82, 2.24) is 14.6 Å². The first-order valence-corrected chi connectivity index (χ1v) is 13.2. The van der Waals surface area contributed by atoms with E-state index in [0.717, 1.165) is 16.8 Å². The second kappa shape index (κ2) is 12.1. The third-order valence-electron chi connectivity index (χ3n) is 5.56. The third kappa shape index (κ3) is 6.63. The van der Waals surface area contributed by atoms with Crippen LogP contribution in [0.3, 0.4) is 0 Å². The first-order valence-electron chi connectivity index (χ1n) is 11.3. The third-order valence-corrected chi connectivity index (χ3v) is 7.45. The van der Waals surface area contributed by atoms with E-state index in [1.165, 1.54) is 38.1 Å². The molecular formula is C21H26ClN6O9P. The summed E-state index contributed by atoms with van der Waals surface area (Å²) in [6.45, 7) is 3.82. The maximum Gasteiger partial charge on any atom is 0.459 e. The molecule has 6 atom stereocenters. The SMILES string of the molecule is CCOC(=O)[C@H](C)NP(=O)(OC[C@H]1O[C@@H](n2ccc(=O)[nH]c2=O)[C@](C)(N=[N+]=[N-])[C@@H]1O)Oc1ccc(Cl)cc1. The van der Waals surface area contributed by atoms with Gasteiger partial charge >= 0.3 is 19.4 Å². The average Bonchev–Trinajstić information content (AvgIpc) is 3.09. The van der Waals surface area contributed by atoms with Crippen molar-refractivity contribution in [3.8, 4) is 5.75 Å². The lowest BCUT2D eigenvalue weighted by molar-refractivity contribution is -0.144. The van der Waals surface area contributed by atoms with Gasteiger partial charge in [0.25, 0.3) is 5.56 Å². The highest BCUT2D eigenvalue weighted by Crippen LogP contribution is 2.47. The van der Waals surface area contributed by atoms with Crippen molar-refractivity contribution >= 4 is 25.3 Å². The lowest BCUT2D eigenvalue weighted by Crippen LogP contribution is -2.45. The molecule has 3 rings (SSSR count). The monoisotopic (exact) mass is 572 g/mol. The lowest BCUT2D eigenvalue weighted by Gasteiger charge is -2.28. The fourth-order valence-corrected chi connectivity index (χ4v) is 5.28. The molecule has 0 aliphatic carbocycles. The highest BCUT2D eigenvalue weighted by atomic mass is 35.5. The number of carbonyl (C=O) groups is 1. The number of halogens is 1. The number of aliphatic hydroxyl groups is 1. The van der Waals surface area contributed by atoms with Gasteiger partial charge in [-0.25, -0.2) is 9.36 Å². The van der Waals surface area contributed by atoms with E-state index in [2.05, 4.69) is 20.1 Å². The fourth-order valence-electron chi connectivity index (χ4n) is 3.65. The number of rotatable bonds is 11. The fraction of sp³-hybridized carbons (Fsp3) is 0.476. The molecule has 0 radical (unpaired) electrons. The first kappa shape index (κ1) is 29.4. The predicted octanol–water partition coefficient (Wildman–Crippen LogP) is 2.26. The Morgan fingerprint density at radius 2 is 2.08 bits per heavy atom. The van der Waals surface area contributed by atoms with E-state index in [1.807, 2.05) is 0 Å². The Labute approximate surface area is 220 Å². The summed E-state index contributed by atoms with van der Waals surface area (Å²) in [4.78, 5) is 40.8. The molecule has 1 aromatic heterocycles. The summed E-state index contributed by atoms with van der Waals surface area (Å²) in [6, 6.07) is 5.74. The van der Waals surface area contributed by atoms with E-state index in [4.69, 9.17) is 35.7 Å². The van der Waals surface area contributed by atoms with Crippen LogP contribution in [0.1, 0.15) is 27.0 Å². The van der Waals surface area contributed by atoms with Gasteiger partial charge in [0.2, 0.25) is 0 Å². The Bertz CT molecular complexity index is 1360. The van der Waals surface area contributed by atoms with Crippen molar-refractivity contribution in [2.75, 3.05) is 13.2 Å². The molecule has 2 aromatic rings. The summed E-state index contributed by atoms with van der Waals surface area (Å²) in [6.07, 6.45) is -3.11. The summed E-state index contributed by atoms with van der Waals surface area (Å²) in [5.74, 6) is -0.632. The van der Waals surface area contributed by atoms with Crippen molar-refractivity contribution < 1.29 is 33.0 Å². The zero-order valence-electron chi connectivity index (χ0n) is 20.5. The zero-order chi connectivity index (χ0) is 28.1. The summed E-state index contributed by atoms with van der Waals surface area (Å²) in [5.41, 5.74) is 5.81. The summed E-state index contributed by atoms with van der Waals surface area (Å²) in [5, 5.41) is 17.5. The minimum absolute atomic E-state index is 0.0830. The van der Waals surface area contributed by atoms with E-state index in [9.17, 15) is 24.1 Å². The molecule has 0 amide bonds. The van der Waals surface area contributed by atoms with Crippen molar-refractivity contribution in [2.24, 2.45) is 5.11 Å². The van der Waals surface area contributed by atoms with Gasteiger partial charge in [-0.2, -0.15) is 5.09 Å². The molecule has 38 heavy (non-hydrogen) atoms. The van der Waals surface area contributed by atoms with Crippen LogP contribution in [0, 0.1) is 0 Å². The quantitative estimate of drug-likeness (QED) is 0.118. The Hall–Kier alpha value is -3.16. The number of ether oxygens (including phenoxy) is 2. The molecule has 15 nitrogen and oxygen atoms in total. The summed E-state index contributed by atoms with van der Waals surface area (Å²) >= 11 is 5.89. The van der Waals surface area contributed by atoms with Gasteiger partial charge < -0.3 is 19.1 Å². The van der Waals surface area contributed by atoms with E-state index in [-0.39, 0.29) is 12.4 Å². The molecule has 1 fully saturated rings. The van der Waals surface area contributed by atoms with Crippen LogP contribution in [0.25, 0.3) is 10.4 Å². The number of aliphatic hydroxyl groups excluding tert-OH is 1. The number of aromatic nitrogens is 2. The first-order chi connectivity index (χ1) is 17.9. The van der Waals surface area contributed by atoms with Gasteiger partial charge in [0.15, 0.2) is 6.23 Å². The number of nitrogens with zero attached hydrogens (tertiary/aromatic N) is 4. The topological polar surface area (TPSA) is 207 Å². The minimum atomic E-state index is -4.34. The number of carbonyl (C=O) groups excluding carboxylic acids is 1. The Morgan fingerprint density at radius 1 is 1.39 bits per heavy atom. The van der Waals surface area contributed by atoms with Gasteiger partial charge in [-0.15, -0.1) is 0 Å². The number of nitrogens with one attached hydrogen (secondary N) is 2. The molecule has 206 valence electrons. The largest absolute Gasteiger partial charge is 0.465 e. The molecule has 1 aliphatic heterocycles. The van der Waals surface area contributed by atoms with Gasteiger partial charge in [-0.05, 0) is 50.6 Å². The summed E-state index contributed by atoms with van der Waals surface area (Å²) in [7, 11) is -4.34. The van der Waals surface area contributed by atoms with Gasteiger partial charge in [-0.3, -0.25) is 23.7 Å². The van der Waals surface area contributed by atoms with Crippen LogP contribution in [-0.2, 0) is 23.4 Å². The molecule has 17 heteroatoms. The Kier molecular flexibility index (Phi) is 9.39. The molecule has 0 saturated carbocycles. The number of azide groups is 1. The number of benzene rings is 1. The van der Waals surface area contributed by atoms with Crippen molar-refractivity contribution in [2.45, 2.75) is 50.8 Å². The van der Waals surface area contributed by atoms with Gasteiger partial charge in [0.05, 0.1) is 19.3 Å². The van der Waals surface area contributed by atoms with Crippen LogP contribution in [0.4, 0.5) is 0 Å². The maximum absolute atomic E-state index is 13.7. The molecule has 2 heterocycles. The van der Waals surface area contributed by atoms with Crippen LogP contribution in [0.2, 0.25) is 5.02 Å². The van der Waals surface area contributed by atoms with Crippen LogP contribution in [-0.4, -0.2) is 57.6 Å². The molecule has 1 aromatic carbocycles. The second-order valence-corrected chi connectivity index (χ2v) is 10.5. The van der Waals surface area contributed by atoms with E-state index in [1.54, 1.807) is 6.92 Å². The van der Waals surface area contributed by atoms with Crippen molar-refractivity contribution in [3.05, 3.63) is 72.8 Å². The van der Waals surface area contributed by atoms with Crippen LogP contribution in [0.5, 0.6) is 5.75 Å². The van der Waals surface area contributed by atoms with Crippen LogP contribution >= 0.6 is 19.3 Å². The summed E-state index contributed by atoms with van der Waals surface area (Å²) < 4.78 is 36.4. The van der Waals surface area contributed by atoms with Crippen LogP contribution in [0.15, 0.2) is 51.2 Å². The number of aromatic amines is 1. The molecule has 0 bridgehead atoms. The minimum Gasteiger partial charge on any atom is -0.465 e. The second-order valence-electron chi connectivity index (χ2n) is 8.35. The van der Waals surface area contributed by atoms with Gasteiger partial charge in [0, 0.05) is 22.2 Å². The molecule has 1 saturated heterocycles. The molecule has 3 N–H and O–H groups in total. The van der Waals surface area contributed by atoms with Crippen LogP contribution < -0.4 is 20.9 Å². The molecular weight excluding hydrogens is 547 g/mol. The number of hydrogen-bond acceptors (Lipinski definition) is 10. The highest BCUT2D eigenvalue weighted by Gasteiger charge is 2.55. The van der Waals surface area contributed by atoms with Crippen molar-refractivity contribution in [1.29, 1.82) is 0 Å². The van der Waals surface area contributed by atoms with Crippen molar-refractivity contribution in [3.63, 3.8) is 0 Å². The normalized spacial score (nSPS) is 25.1. The Morgan fingerprint density at radius 3 is 2.68 bits per heavy atom. The highest BCUT2D eigenvalue weighted by molar-refractivity contribution is 7.52. The zero-order valence-corrected chi connectivity index (χ0v) is 22.2. The standard InChI is InChI=1S/C21H26ClN6O9P/c1-4-34-18(31)12(2)25-38(33,37-14-7-5-13(22)6-8-14)35-11-15-17(30)21(3,26-27-23)19(36-15)28-10-9-16(29)24-20(28)32/h5-10,12,15,17,19,30H,4,11H2,1-3H3,(H,25,33)(H,24,29,32)/t12-,15+,17+,19+,21+,38?/m0/s1. The number of hydrogen-bond donors (Lipinski definition) is 3. The number of H-pyrrole nitrogens is 1. The average molecular weight is 573 g/mol. The van der Waals surface area contributed by atoms with Gasteiger partial charge in [-0.1, -0.05) is 16.7 Å². The Balaban J connectivity index is 1.88. The predicted molar refractivity (Wildman–Crippen MR) is 134 cm³/mol. The number of esters is 1.